The van der Waals surface area contributed by atoms with Crippen LogP contribution >= 0.6 is 0 Å². The molecule has 0 aliphatic rings. The Hall–Kier alpha value is -1.86. The molecule has 84 valence electrons. The number of hydrogen-bond acceptors (Lipinski definition) is 2. The lowest BCUT2D eigenvalue weighted by atomic mass is 10.1. The molecule has 0 amide bonds. The van der Waals surface area contributed by atoms with Crippen molar-refractivity contribution in [1.82, 2.24) is 0 Å². The van der Waals surface area contributed by atoms with E-state index in [1.165, 1.54) is 6.07 Å². The lowest BCUT2D eigenvalue weighted by Crippen LogP contribution is -2.09. The van der Waals surface area contributed by atoms with E-state index in [1.807, 2.05) is 0 Å². The maximum atomic E-state index is 13.3. The third kappa shape index (κ3) is 3.07. The minimum Gasteiger partial charge on any atom is -0.462 e. The molecule has 0 bridgehead atoms. The van der Waals surface area contributed by atoms with E-state index >= 15 is 0 Å². The van der Waals surface area contributed by atoms with E-state index in [2.05, 4.69) is 12.3 Å². The summed E-state index contributed by atoms with van der Waals surface area (Å²) in [6.07, 6.45) is 0.148. The first-order valence-electron chi connectivity index (χ1n) is 4.98. The van der Waals surface area contributed by atoms with Crippen molar-refractivity contribution in [3.8, 4) is 0 Å². The molecule has 16 heavy (non-hydrogen) atoms. The van der Waals surface area contributed by atoms with Crippen LogP contribution in [0.25, 0.3) is 0 Å². The molecule has 0 aliphatic carbocycles. The molecule has 0 N–H and O–H groups in total. The Kier molecular flexibility index (Phi) is 4.49. The lowest BCUT2D eigenvalue weighted by Gasteiger charge is -2.05. The van der Waals surface area contributed by atoms with Gasteiger partial charge in [-0.1, -0.05) is 24.8 Å². The summed E-state index contributed by atoms with van der Waals surface area (Å²) in [5.41, 5.74) is 3.16. The zero-order chi connectivity index (χ0) is 12.0. The molecule has 0 unspecified atom stereocenters. The predicted octanol–water partition coefficient (Wildman–Crippen LogP) is 2.64. The van der Waals surface area contributed by atoms with Crippen LogP contribution in [-0.4, -0.2) is 12.6 Å². The largest absolute Gasteiger partial charge is 0.462 e. The van der Waals surface area contributed by atoms with Crippen molar-refractivity contribution in [2.24, 2.45) is 0 Å². The van der Waals surface area contributed by atoms with E-state index in [-0.39, 0.29) is 24.4 Å². The zero-order valence-electron chi connectivity index (χ0n) is 9.13. The van der Waals surface area contributed by atoms with Gasteiger partial charge >= 0.3 is 5.97 Å². The van der Waals surface area contributed by atoms with Gasteiger partial charge in [0.15, 0.2) is 0 Å². The van der Waals surface area contributed by atoms with Crippen molar-refractivity contribution < 1.29 is 13.9 Å². The second-order valence-electron chi connectivity index (χ2n) is 3.14. The number of carbonyl (C=O) groups excluding carboxylic acids is 1. The van der Waals surface area contributed by atoms with Gasteiger partial charge in [0.2, 0.25) is 0 Å². The van der Waals surface area contributed by atoms with Crippen LogP contribution < -0.4 is 0 Å². The van der Waals surface area contributed by atoms with E-state index in [4.69, 9.17) is 4.74 Å². The van der Waals surface area contributed by atoms with Crippen LogP contribution in [0.15, 0.2) is 42.1 Å². The van der Waals surface area contributed by atoms with E-state index in [0.717, 1.165) is 0 Å². The molecule has 1 rings (SSSR count). The Morgan fingerprint density at radius 3 is 2.75 bits per heavy atom. The maximum Gasteiger partial charge on any atom is 0.342 e. The van der Waals surface area contributed by atoms with Gasteiger partial charge in [-0.15, -0.1) is 5.73 Å². The summed E-state index contributed by atoms with van der Waals surface area (Å²) in [6, 6.07) is 6.28. The fraction of sp³-hybridized carbons (Fsp3) is 0.231. The summed E-state index contributed by atoms with van der Waals surface area (Å²) in [4.78, 5) is 11.4. The van der Waals surface area contributed by atoms with E-state index in [9.17, 15) is 9.18 Å². The standard InChI is InChI=1S/C13H13FO2/c1-3-10(13(15)16-4-2)9-11-7-5-6-8-12(11)14/h5-8H,1,4,9H2,2H3. The molecule has 1 aromatic carbocycles. The average Bonchev–Trinajstić information content (AvgIpc) is 2.28. The SMILES string of the molecule is C=C=C(Cc1ccccc1F)C(=O)OCC. The fourth-order valence-corrected chi connectivity index (χ4v) is 1.26. The first kappa shape index (κ1) is 12.2. The highest BCUT2D eigenvalue weighted by atomic mass is 19.1. The molecular formula is C13H13FO2. The Morgan fingerprint density at radius 1 is 1.50 bits per heavy atom. The van der Waals surface area contributed by atoms with Crippen molar-refractivity contribution in [2.75, 3.05) is 6.61 Å². The first-order valence-corrected chi connectivity index (χ1v) is 4.98. The Labute approximate surface area is 94.0 Å². The van der Waals surface area contributed by atoms with Crippen LogP contribution in [0.5, 0.6) is 0 Å². The monoisotopic (exact) mass is 220 g/mol. The zero-order valence-corrected chi connectivity index (χ0v) is 9.13. The molecule has 0 aromatic heterocycles. The molecule has 0 spiro atoms. The smallest absolute Gasteiger partial charge is 0.342 e. The summed E-state index contributed by atoms with van der Waals surface area (Å²) in [7, 11) is 0. The highest BCUT2D eigenvalue weighted by Crippen LogP contribution is 2.12. The second kappa shape index (κ2) is 5.89. The quantitative estimate of drug-likeness (QED) is 0.443. The molecule has 0 fully saturated rings. The summed E-state index contributed by atoms with van der Waals surface area (Å²) in [5, 5.41) is 0. The molecule has 0 saturated heterocycles. The van der Waals surface area contributed by atoms with Crippen LogP contribution in [0.3, 0.4) is 0 Å². The van der Waals surface area contributed by atoms with Crippen LogP contribution in [0.1, 0.15) is 12.5 Å². The third-order valence-corrected chi connectivity index (χ3v) is 2.06. The van der Waals surface area contributed by atoms with Crippen LogP contribution in [0, 0.1) is 5.82 Å². The molecule has 0 saturated carbocycles. The molecule has 0 aliphatic heterocycles. The third-order valence-electron chi connectivity index (χ3n) is 2.06. The van der Waals surface area contributed by atoms with Gasteiger partial charge in [0.25, 0.3) is 0 Å². The van der Waals surface area contributed by atoms with Gasteiger partial charge in [-0.2, -0.15) is 0 Å². The van der Waals surface area contributed by atoms with Gasteiger partial charge in [0, 0.05) is 6.42 Å². The number of ether oxygens (including phenoxy) is 1. The molecule has 0 heterocycles. The van der Waals surface area contributed by atoms with Crippen LogP contribution in [0.4, 0.5) is 4.39 Å². The van der Waals surface area contributed by atoms with Crippen molar-refractivity contribution >= 4 is 5.97 Å². The van der Waals surface area contributed by atoms with Crippen LogP contribution in [0.2, 0.25) is 0 Å². The second-order valence-corrected chi connectivity index (χ2v) is 3.14. The topological polar surface area (TPSA) is 26.3 Å². The minimum atomic E-state index is -0.499. The number of carbonyl (C=O) groups is 1. The van der Waals surface area contributed by atoms with Crippen molar-refractivity contribution in [2.45, 2.75) is 13.3 Å². The molecule has 0 atom stereocenters. The average molecular weight is 220 g/mol. The number of benzene rings is 1. The maximum absolute atomic E-state index is 13.3. The molecular weight excluding hydrogens is 207 g/mol. The van der Waals surface area contributed by atoms with Crippen LogP contribution in [-0.2, 0) is 16.0 Å². The highest BCUT2D eigenvalue weighted by Gasteiger charge is 2.12. The number of rotatable bonds is 4. The molecule has 2 nitrogen and oxygen atoms in total. The summed E-state index contributed by atoms with van der Waals surface area (Å²) in [6.45, 7) is 5.39. The molecule has 0 radical (unpaired) electrons. The highest BCUT2D eigenvalue weighted by molar-refractivity contribution is 5.88. The molecule has 3 heteroatoms. The van der Waals surface area contributed by atoms with Gasteiger partial charge in [0.05, 0.1) is 12.2 Å². The first-order chi connectivity index (χ1) is 7.69. The Morgan fingerprint density at radius 2 is 2.19 bits per heavy atom. The van der Waals surface area contributed by atoms with Gasteiger partial charge < -0.3 is 4.74 Å². The fourth-order valence-electron chi connectivity index (χ4n) is 1.26. The van der Waals surface area contributed by atoms with E-state index in [1.54, 1.807) is 25.1 Å². The summed E-state index contributed by atoms with van der Waals surface area (Å²) >= 11 is 0. The number of hydrogen-bond donors (Lipinski definition) is 0. The van der Waals surface area contributed by atoms with Gasteiger partial charge in [0.1, 0.15) is 5.82 Å². The van der Waals surface area contributed by atoms with E-state index in [0.29, 0.717) is 5.56 Å². The van der Waals surface area contributed by atoms with E-state index < -0.39 is 5.97 Å². The van der Waals surface area contributed by atoms with Crippen molar-refractivity contribution in [3.63, 3.8) is 0 Å². The Balaban J connectivity index is 2.84. The Bertz CT molecular complexity index is 431. The van der Waals surface area contributed by atoms with Gasteiger partial charge in [-0.25, -0.2) is 9.18 Å². The summed E-state index contributed by atoms with van der Waals surface area (Å²) < 4.78 is 18.1. The summed E-state index contributed by atoms with van der Waals surface area (Å²) in [5.74, 6) is -0.847. The minimum absolute atomic E-state index is 0.148. The van der Waals surface area contributed by atoms with Gasteiger partial charge in [-0.05, 0) is 18.6 Å². The predicted molar refractivity (Wildman–Crippen MR) is 59.4 cm³/mol. The lowest BCUT2D eigenvalue weighted by molar-refractivity contribution is -0.138. The molecule has 1 aromatic rings. The van der Waals surface area contributed by atoms with Crippen molar-refractivity contribution in [3.05, 3.63) is 53.5 Å². The van der Waals surface area contributed by atoms with Crippen molar-refractivity contribution in [1.29, 1.82) is 0 Å². The number of esters is 1. The number of halogens is 1. The normalized spacial score (nSPS) is 9.38. The van der Waals surface area contributed by atoms with Gasteiger partial charge in [-0.3, -0.25) is 0 Å².